The Labute approximate surface area is 102 Å². The standard InChI is InChI=1S/C12H11F3N2O/c13-12(14,15)18-10-4-1-3-9(7-10)17-11(8-16)5-2-6-11/h1,3-4,7,17H,2,5-6H2. The topological polar surface area (TPSA) is 45.0 Å². The molecule has 0 heterocycles. The molecule has 1 N–H and O–H groups in total. The first-order chi connectivity index (χ1) is 8.42. The summed E-state index contributed by atoms with van der Waals surface area (Å²) in [4.78, 5) is 0. The summed E-state index contributed by atoms with van der Waals surface area (Å²) in [7, 11) is 0. The average Bonchev–Trinajstić information content (AvgIpc) is 2.21. The van der Waals surface area contributed by atoms with Crippen LogP contribution >= 0.6 is 0 Å². The Hall–Kier alpha value is -1.90. The van der Waals surface area contributed by atoms with Crippen molar-refractivity contribution in [3.05, 3.63) is 24.3 Å². The lowest BCUT2D eigenvalue weighted by Gasteiger charge is -2.36. The number of nitrogens with one attached hydrogen (secondary N) is 1. The van der Waals surface area contributed by atoms with Crippen LogP contribution in [0.15, 0.2) is 24.3 Å². The van der Waals surface area contributed by atoms with Gasteiger partial charge in [-0.2, -0.15) is 5.26 Å². The van der Waals surface area contributed by atoms with Crippen LogP contribution in [0.25, 0.3) is 0 Å². The molecular weight excluding hydrogens is 245 g/mol. The summed E-state index contributed by atoms with van der Waals surface area (Å²) in [5.41, 5.74) is -0.186. The summed E-state index contributed by atoms with van der Waals surface area (Å²) in [6.07, 6.45) is -2.36. The van der Waals surface area contributed by atoms with E-state index < -0.39 is 11.9 Å². The maximum absolute atomic E-state index is 12.1. The van der Waals surface area contributed by atoms with Crippen LogP contribution in [-0.2, 0) is 0 Å². The molecule has 0 saturated heterocycles. The summed E-state index contributed by atoms with van der Waals surface area (Å²) >= 11 is 0. The number of nitrogens with zero attached hydrogens (tertiary/aromatic N) is 1. The molecule has 96 valence electrons. The van der Waals surface area contributed by atoms with Crippen molar-refractivity contribution in [1.82, 2.24) is 0 Å². The number of nitriles is 1. The molecule has 0 aromatic heterocycles. The molecule has 1 aromatic rings. The van der Waals surface area contributed by atoms with Crippen LogP contribution in [0.1, 0.15) is 19.3 Å². The second-order valence-electron chi connectivity index (χ2n) is 4.25. The smallest absolute Gasteiger partial charge is 0.406 e. The molecular formula is C12H11F3N2O. The van der Waals surface area contributed by atoms with E-state index in [1.165, 1.54) is 18.2 Å². The molecule has 1 saturated carbocycles. The summed E-state index contributed by atoms with van der Waals surface area (Å²) in [6, 6.07) is 7.68. The molecule has 3 nitrogen and oxygen atoms in total. The van der Waals surface area contributed by atoms with Gasteiger partial charge in [-0.3, -0.25) is 0 Å². The minimum Gasteiger partial charge on any atom is -0.406 e. The maximum atomic E-state index is 12.1. The molecule has 18 heavy (non-hydrogen) atoms. The van der Waals surface area contributed by atoms with Gasteiger partial charge < -0.3 is 10.1 Å². The fraction of sp³-hybridized carbons (Fsp3) is 0.417. The molecule has 1 aromatic carbocycles. The minimum atomic E-state index is -4.71. The number of benzene rings is 1. The molecule has 0 radical (unpaired) electrons. The van der Waals surface area contributed by atoms with Gasteiger partial charge >= 0.3 is 6.36 Å². The van der Waals surface area contributed by atoms with Gasteiger partial charge in [0.2, 0.25) is 0 Å². The number of anilines is 1. The van der Waals surface area contributed by atoms with E-state index in [4.69, 9.17) is 5.26 Å². The molecule has 6 heteroatoms. The Bertz CT molecular complexity index is 475. The van der Waals surface area contributed by atoms with Crippen molar-refractivity contribution in [2.45, 2.75) is 31.2 Å². The highest BCUT2D eigenvalue weighted by atomic mass is 19.4. The molecule has 2 rings (SSSR count). The number of halogens is 3. The van der Waals surface area contributed by atoms with Crippen molar-refractivity contribution in [3.63, 3.8) is 0 Å². The van der Waals surface area contributed by atoms with Gasteiger partial charge in [0, 0.05) is 11.8 Å². The molecule has 0 aliphatic heterocycles. The largest absolute Gasteiger partial charge is 0.573 e. The maximum Gasteiger partial charge on any atom is 0.573 e. The zero-order chi connectivity index (χ0) is 13.2. The van der Waals surface area contributed by atoms with E-state index in [0.29, 0.717) is 18.5 Å². The third-order valence-electron chi connectivity index (χ3n) is 2.87. The summed E-state index contributed by atoms with van der Waals surface area (Å²) in [6.45, 7) is 0. The van der Waals surface area contributed by atoms with E-state index in [0.717, 1.165) is 6.42 Å². The van der Waals surface area contributed by atoms with Crippen LogP contribution in [0.5, 0.6) is 5.75 Å². The second-order valence-corrected chi connectivity index (χ2v) is 4.25. The summed E-state index contributed by atoms with van der Waals surface area (Å²) in [5, 5.41) is 12.0. The minimum absolute atomic E-state index is 0.292. The number of hydrogen-bond acceptors (Lipinski definition) is 3. The molecule has 0 amide bonds. The molecule has 0 unspecified atom stereocenters. The van der Waals surface area contributed by atoms with Gasteiger partial charge in [0.1, 0.15) is 11.3 Å². The van der Waals surface area contributed by atoms with Crippen LogP contribution in [0.3, 0.4) is 0 Å². The van der Waals surface area contributed by atoms with Crippen molar-refractivity contribution in [2.75, 3.05) is 5.32 Å². The fourth-order valence-electron chi connectivity index (χ4n) is 1.84. The Morgan fingerprint density at radius 2 is 2.06 bits per heavy atom. The van der Waals surface area contributed by atoms with Crippen LogP contribution < -0.4 is 10.1 Å². The molecule has 1 aliphatic rings. The third-order valence-corrected chi connectivity index (χ3v) is 2.87. The van der Waals surface area contributed by atoms with E-state index in [-0.39, 0.29) is 5.75 Å². The normalized spacial score (nSPS) is 17.4. The highest BCUT2D eigenvalue weighted by Crippen LogP contribution is 2.35. The van der Waals surface area contributed by atoms with E-state index in [9.17, 15) is 13.2 Å². The highest BCUT2D eigenvalue weighted by Gasteiger charge is 2.37. The summed E-state index contributed by atoms with van der Waals surface area (Å²) < 4.78 is 40.0. The van der Waals surface area contributed by atoms with Crippen molar-refractivity contribution in [2.24, 2.45) is 0 Å². The van der Waals surface area contributed by atoms with Crippen molar-refractivity contribution in [3.8, 4) is 11.8 Å². The number of ether oxygens (including phenoxy) is 1. The van der Waals surface area contributed by atoms with E-state index in [1.54, 1.807) is 6.07 Å². The van der Waals surface area contributed by atoms with Crippen molar-refractivity contribution < 1.29 is 17.9 Å². The summed E-state index contributed by atoms with van der Waals surface area (Å²) in [5.74, 6) is -0.292. The van der Waals surface area contributed by atoms with Gasteiger partial charge in [0.15, 0.2) is 0 Å². The number of hydrogen-bond donors (Lipinski definition) is 1. The lowest BCUT2D eigenvalue weighted by Crippen LogP contribution is -2.43. The van der Waals surface area contributed by atoms with Gasteiger partial charge in [0.25, 0.3) is 0 Å². The predicted octanol–water partition coefficient (Wildman–Crippen LogP) is 3.44. The van der Waals surface area contributed by atoms with Gasteiger partial charge in [-0.25, -0.2) is 0 Å². The lowest BCUT2D eigenvalue weighted by molar-refractivity contribution is -0.274. The average molecular weight is 256 g/mol. The number of alkyl halides is 3. The van der Waals surface area contributed by atoms with E-state index in [1.807, 2.05) is 0 Å². The van der Waals surface area contributed by atoms with Crippen LogP contribution in [0.4, 0.5) is 18.9 Å². The molecule has 0 bridgehead atoms. The van der Waals surface area contributed by atoms with Crippen LogP contribution in [-0.4, -0.2) is 11.9 Å². The second kappa shape index (κ2) is 4.41. The van der Waals surface area contributed by atoms with E-state index >= 15 is 0 Å². The monoisotopic (exact) mass is 256 g/mol. The van der Waals surface area contributed by atoms with Gasteiger partial charge in [-0.1, -0.05) is 6.07 Å². The van der Waals surface area contributed by atoms with Gasteiger partial charge in [0.05, 0.1) is 6.07 Å². The molecule has 0 spiro atoms. The van der Waals surface area contributed by atoms with Crippen molar-refractivity contribution >= 4 is 5.69 Å². The SMILES string of the molecule is N#CC1(Nc2cccc(OC(F)(F)F)c2)CCC1. The predicted molar refractivity (Wildman–Crippen MR) is 58.9 cm³/mol. The van der Waals surface area contributed by atoms with Gasteiger partial charge in [-0.15, -0.1) is 13.2 Å². The fourth-order valence-corrected chi connectivity index (χ4v) is 1.84. The molecule has 1 fully saturated rings. The third kappa shape index (κ3) is 2.86. The zero-order valence-electron chi connectivity index (χ0n) is 9.42. The number of rotatable bonds is 3. The first kappa shape index (κ1) is 12.6. The van der Waals surface area contributed by atoms with Crippen LogP contribution in [0.2, 0.25) is 0 Å². The molecule has 1 aliphatic carbocycles. The van der Waals surface area contributed by atoms with Crippen LogP contribution in [0, 0.1) is 11.3 Å². The zero-order valence-corrected chi connectivity index (χ0v) is 9.42. The van der Waals surface area contributed by atoms with E-state index in [2.05, 4.69) is 16.1 Å². The molecule has 0 atom stereocenters. The quantitative estimate of drug-likeness (QED) is 0.900. The first-order valence-electron chi connectivity index (χ1n) is 5.48. The Balaban J connectivity index is 2.10. The lowest BCUT2D eigenvalue weighted by atomic mass is 9.78. The van der Waals surface area contributed by atoms with Gasteiger partial charge in [-0.05, 0) is 31.4 Å². The van der Waals surface area contributed by atoms with Crippen molar-refractivity contribution in [1.29, 1.82) is 5.26 Å². The Kier molecular flexibility index (Phi) is 3.07. The Morgan fingerprint density at radius 3 is 2.56 bits per heavy atom. The first-order valence-corrected chi connectivity index (χ1v) is 5.48. The highest BCUT2D eigenvalue weighted by molar-refractivity contribution is 5.52. The Morgan fingerprint density at radius 1 is 1.33 bits per heavy atom.